The number of carbonyl (C=O) groups is 1. The lowest BCUT2D eigenvalue weighted by Gasteiger charge is -2.24. The van der Waals surface area contributed by atoms with E-state index in [4.69, 9.17) is 0 Å². The second kappa shape index (κ2) is 4.88. The Morgan fingerprint density at radius 1 is 1.41 bits per heavy atom. The van der Waals surface area contributed by atoms with Crippen LogP contribution in [0, 0.1) is 12.8 Å². The number of para-hydroxylation sites is 1. The summed E-state index contributed by atoms with van der Waals surface area (Å²) in [7, 11) is 1.86. The molecule has 1 aliphatic heterocycles. The summed E-state index contributed by atoms with van der Waals surface area (Å²) in [5.41, 5.74) is 2.13. The number of hydrogen-bond acceptors (Lipinski definition) is 2. The number of nitrogens with zero attached hydrogens (tertiary/aromatic N) is 1. The van der Waals surface area contributed by atoms with Gasteiger partial charge in [-0.25, -0.2) is 0 Å². The zero-order valence-electron chi connectivity index (χ0n) is 10.7. The number of aryl methyl sites for hydroxylation is 1. The highest BCUT2D eigenvalue weighted by molar-refractivity contribution is 5.97. The maximum Gasteiger partial charge on any atom is 0.244 e. The second-order valence-corrected chi connectivity index (χ2v) is 4.88. The van der Waals surface area contributed by atoms with Gasteiger partial charge in [0, 0.05) is 12.7 Å². The standard InChI is InChI=1S/C14H20N2O/c1-10-6-4-5-7-12(10)16(3)14(17)13-11(2)8-9-15-13/h4-7,11,13,15H,8-9H2,1-3H3. The van der Waals surface area contributed by atoms with Gasteiger partial charge in [-0.1, -0.05) is 25.1 Å². The van der Waals surface area contributed by atoms with Crippen LogP contribution >= 0.6 is 0 Å². The molecule has 2 unspecified atom stereocenters. The molecule has 17 heavy (non-hydrogen) atoms. The van der Waals surface area contributed by atoms with Crippen molar-refractivity contribution >= 4 is 11.6 Å². The Morgan fingerprint density at radius 3 is 2.71 bits per heavy atom. The monoisotopic (exact) mass is 232 g/mol. The fourth-order valence-electron chi connectivity index (χ4n) is 2.43. The van der Waals surface area contributed by atoms with E-state index in [9.17, 15) is 4.79 Å². The summed E-state index contributed by atoms with van der Waals surface area (Å²) < 4.78 is 0. The molecule has 0 spiro atoms. The van der Waals surface area contributed by atoms with E-state index >= 15 is 0 Å². The molecule has 92 valence electrons. The second-order valence-electron chi connectivity index (χ2n) is 4.88. The molecule has 1 aromatic rings. The fourth-order valence-corrected chi connectivity index (χ4v) is 2.43. The number of nitrogens with one attached hydrogen (secondary N) is 1. The van der Waals surface area contributed by atoms with E-state index in [0.717, 1.165) is 24.2 Å². The van der Waals surface area contributed by atoms with E-state index in [1.165, 1.54) is 0 Å². The molecule has 2 rings (SSSR count). The van der Waals surface area contributed by atoms with Crippen LogP contribution in [0.25, 0.3) is 0 Å². The van der Waals surface area contributed by atoms with Gasteiger partial charge in [0.25, 0.3) is 0 Å². The first-order valence-electron chi connectivity index (χ1n) is 6.18. The Labute approximate surface area is 103 Å². The number of benzene rings is 1. The van der Waals surface area contributed by atoms with Crippen LogP contribution in [-0.2, 0) is 4.79 Å². The summed E-state index contributed by atoms with van der Waals surface area (Å²) in [6.45, 7) is 5.11. The largest absolute Gasteiger partial charge is 0.314 e. The number of carbonyl (C=O) groups excluding carboxylic acids is 1. The van der Waals surface area contributed by atoms with E-state index in [1.807, 2.05) is 38.2 Å². The van der Waals surface area contributed by atoms with Crippen LogP contribution in [0.5, 0.6) is 0 Å². The Hall–Kier alpha value is -1.35. The molecule has 1 saturated heterocycles. The summed E-state index contributed by atoms with van der Waals surface area (Å²) in [6, 6.07) is 7.96. The Morgan fingerprint density at radius 2 is 2.12 bits per heavy atom. The van der Waals surface area contributed by atoms with Crippen molar-refractivity contribution in [3.05, 3.63) is 29.8 Å². The summed E-state index contributed by atoms with van der Waals surface area (Å²) in [4.78, 5) is 14.1. The molecule has 1 aromatic carbocycles. The highest BCUT2D eigenvalue weighted by Gasteiger charge is 2.31. The van der Waals surface area contributed by atoms with Gasteiger partial charge < -0.3 is 10.2 Å². The third kappa shape index (κ3) is 2.34. The Bertz CT molecular complexity index is 416. The van der Waals surface area contributed by atoms with Gasteiger partial charge in [-0.2, -0.15) is 0 Å². The van der Waals surface area contributed by atoms with Gasteiger partial charge in [0.15, 0.2) is 0 Å². The summed E-state index contributed by atoms with van der Waals surface area (Å²) >= 11 is 0. The van der Waals surface area contributed by atoms with E-state index < -0.39 is 0 Å². The smallest absolute Gasteiger partial charge is 0.244 e. The highest BCUT2D eigenvalue weighted by Crippen LogP contribution is 2.22. The van der Waals surface area contributed by atoms with Gasteiger partial charge in [0.1, 0.15) is 0 Å². The van der Waals surface area contributed by atoms with E-state index in [0.29, 0.717) is 5.92 Å². The van der Waals surface area contributed by atoms with Gasteiger partial charge in [-0.15, -0.1) is 0 Å². The molecule has 1 amide bonds. The van der Waals surface area contributed by atoms with Crippen molar-refractivity contribution in [2.24, 2.45) is 5.92 Å². The number of amides is 1. The molecule has 0 radical (unpaired) electrons. The average molecular weight is 232 g/mol. The van der Waals surface area contributed by atoms with Crippen LogP contribution in [-0.4, -0.2) is 25.5 Å². The number of anilines is 1. The minimum atomic E-state index is -0.0281. The molecule has 2 atom stereocenters. The van der Waals surface area contributed by atoms with Gasteiger partial charge in [0.05, 0.1) is 6.04 Å². The molecular formula is C14H20N2O. The minimum absolute atomic E-state index is 0.0281. The van der Waals surface area contributed by atoms with Crippen molar-refractivity contribution in [1.29, 1.82) is 0 Å². The average Bonchev–Trinajstić information content (AvgIpc) is 2.74. The molecule has 1 heterocycles. The molecule has 0 saturated carbocycles. The first-order valence-corrected chi connectivity index (χ1v) is 6.18. The highest BCUT2D eigenvalue weighted by atomic mass is 16.2. The van der Waals surface area contributed by atoms with Crippen LogP contribution in [0.4, 0.5) is 5.69 Å². The maximum atomic E-state index is 12.4. The molecule has 0 bridgehead atoms. The first kappa shape index (κ1) is 12.1. The third-order valence-corrected chi connectivity index (χ3v) is 3.61. The lowest BCUT2D eigenvalue weighted by Crippen LogP contribution is -2.44. The SMILES string of the molecule is Cc1ccccc1N(C)C(=O)C1NCCC1C. The normalized spacial score (nSPS) is 23.7. The Balaban J connectivity index is 2.17. The number of hydrogen-bond donors (Lipinski definition) is 1. The fraction of sp³-hybridized carbons (Fsp3) is 0.500. The van der Waals surface area contributed by atoms with Crippen LogP contribution in [0.15, 0.2) is 24.3 Å². The molecule has 1 fully saturated rings. The van der Waals surface area contributed by atoms with Crippen molar-refractivity contribution in [2.45, 2.75) is 26.3 Å². The first-order chi connectivity index (χ1) is 8.11. The van der Waals surface area contributed by atoms with E-state index in [-0.39, 0.29) is 11.9 Å². The van der Waals surface area contributed by atoms with Gasteiger partial charge in [0.2, 0.25) is 5.91 Å². The molecule has 1 aliphatic rings. The predicted octanol–water partition coefficient (Wildman–Crippen LogP) is 1.96. The zero-order valence-corrected chi connectivity index (χ0v) is 10.7. The molecule has 3 heteroatoms. The molecule has 3 nitrogen and oxygen atoms in total. The van der Waals surface area contributed by atoms with Gasteiger partial charge in [-0.05, 0) is 37.4 Å². The van der Waals surface area contributed by atoms with Crippen LogP contribution in [0.3, 0.4) is 0 Å². The van der Waals surface area contributed by atoms with Crippen molar-refractivity contribution in [2.75, 3.05) is 18.5 Å². The zero-order chi connectivity index (χ0) is 12.4. The van der Waals surface area contributed by atoms with Gasteiger partial charge in [-0.3, -0.25) is 4.79 Å². The predicted molar refractivity (Wildman–Crippen MR) is 70.2 cm³/mol. The lowest BCUT2D eigenvalue weighted by atomic mass is 10.0. The lowest BCUT2D eigenvalue weighted by molar-refractivity contribution is -0.120. The van der Waals surface area contributed by atoms with Crippen LogP contribution < -0.4 is 10.2 Å². The Kier molecular flexibility index (Phi) is 3.48. The molecule has 0 aromatic heterocycles. The van der Waals surface area contributed by atoms with Crippen molar-refractivity contribution in [3.63, 3.8) is 0 Å². The van der Waals surface area contributed by atoms with Crippen molar-refractivity contribution in [1.82, 2.24) is 5.32 Å². The van der Waals surface area contributed by atoms with E-state index in [1.54, 1.807) is 4.90 Å². The summed E-state index contributed by atoms with van der Waals surface area (Å²) in [5.74, 6) is 0.596. The van der Waals surface area contributed by atoms with Crippen LogP contribution in [0.2, 0.25) is 0 Å². The summed E-state index contributed by atoms with van der Waals surface area (Å²) in [5, 5.41) is 3.29. The summed E-state index contributed by atoms with van der Waals surface area (Å²) in [6.07, 6.45) is 1.08. The molecular weight excluding hydrogens is 212 g/mol. The topological polar surface area (TPSA) is 32.3 Å². The quantitative estimate of drug-likeness (QED) is 0.845. The molecule has 0 aliphatic carbocycles. The van der Waals surface area contributed by atoms with Crippen molar-refractivity contribution in [3.8, 4) is 0 Å². The van der Waals surface area contributed by atoms with Crippen molar-refractivity contribution < 1.29 is 4.79 Å². The van der Waals surface area contributed by atoms with Crippen LogP contribution in [0.1, 0.15) is 18.9 Å². The maximum absolute atomic E-state index is 12.4. The molecule has 1 N–H and O–H groups in total. The van der Waals surface area contributed by atoms with Gasteiger partial charge >= 0.3 is 0 Å². The van der Waals surface area contributed by atoms with E-state index in [2.05, 4.69) is 12.2 Å². The number of rotatable bonds is 2. The third-order valence-electron chi connectivity index (χ3n) is 3.61. The minimum Gasteiger partial charge on any atom is -0.314 e. The number of likely N-dealkylation sites (N-methyl/N-ethyl adjacent to an activating group) is 1.